The molecule has 0 bridgehead atoms. The smallest absolute Gasteiger partial charge is 0.130 e. The summed E-state index contributed by atoms with van der Waals surface area (Å²) >= 11 is 0. The van der Waals surface area contributed by atoms with Crippen LogP contribution in [0.5, 0.6) is 0 Å². The second-order valence-corrected chi connectivity index (χ2v) is 5.24. The fourth-order valence-electron chi connectivity index (χ4n) is 2.69. The number of likely N-dealkylation sites (N-methyl/N-ethyl adjacent to an activating group) is 1. The highest BCUT2D eigenvalue weighted by molar-refractivity contribution is 5.56. The molecule has 1 aromatic carbocycles. The quantitative estimate of drug-likeness (QED) is 0.901. The lowest BCUT2D eigenvalue weighted by Gasteiger charge is -2.36. The van der Waals surface area contributed by atoms with Gasteiger partial charge in [0.05, 0.1) is 0 Å². The van der Waals surface area contributed by atoms with Crippen LogP contribution in [0.3, 0.4) is 0 Å². The maximum absolute atomic E-state index is 14.2. The minimum absolute atomic E-state index is 0.0425. The Balaban J connectivity index is 2.26. The summed E-state index contributed by atoms with van der Waals surface area (Å²) in [5.41, 5.74) is 1.84. The molecule has 1 N–H and O–H groups in total. The lowest BCUT2D eigenvalue weighted by atomic mass is 10.0. The van der Waals surface area contributed by atoms with Gasteiger partial charge in [-0.25, -0.2) is 4.39 Å². The van der Waals surface area contributed by atoms with E-state index in [1.807, 2.05) is 26.0 Å². The Bertz CT molecular complexity index is 414. The molecule has 1 heterocycles. The van der Waals surface area contributed by atoms with Gasteiger partial charge in [0.1, 0.15) is 5.82 Å². The van der Waals surface area contributed by atoms with E-state index in [2.05, 4.69) is 22.2 Å². The van der Waals surface area contributed by atoms with Crippen LogP contribution in [0.15, 0.2) is 18.2 Å². The largest absolute Gasteiger partial charge is 0.369 e. The molecule has 4 heteroatoms. The fourth-order valence-corrected chi connectivity index (χ4v) is 2.69. The molecule has 3 nitrogen and oxygen atoms in total. The van der Waals surface area contributed by atoms with Gasteiger partial charge < -0.3 is 15.1 Å². The van der Waals surface area contributed by atoms with Crippen LogP contribution in [-0.4, -0.2) is 44.7 Å². The number of hydrogen-bond acceptors (Lipinski definition) is 3. The van der Waals surface area contributed by atoms with Gasteiger partial charge in [0.15, 0.2) is 0 Å². The SMILES string of the molecule is CCNC(C)c1c(F)cccc1N1CCN(C)CC1. The van der Waals surface area contributed by atoms with E-state index in [-0.39, 0.29) is 11.9 Å². The maximum atomic E-state index is 14.2. The molecule has 0 saturated carbocycles. The summed E-state index contributed by atoms with van der Waals surface area (Å²) in [7, 11) is 2.13. The maximum Gasteiger partial charge on any atom is 0.130 e. The molecule has 1 atom stereocenters. The Morgan fingerprint density at radius 1 is 1.26 bits per heavy atom. The summed E-state index contributed by atoms with van der Waals surface area (Å²) in [5, 5.41) is 3.31. The van der Waals surface area contributed by atoms with Crippen LogP contribution < -0.4 is 10.2 Å². The highest BCUT2D eigenvalue weighted by Crippen LogP contribution is 2.29. The average Bonchev–Trinajstić information content (AvgIpc) is 2.39. The van der Waals surface area contributed by atoms with Crippen LogP contribution in [0.4, 0.5) is 10.1 Å². The third-order valence-electron chi connectivity index (χ3n) is 3.82. The van der Waals surface area contributed by atoms with E-state index < -0.39 is 0 Å². The number of hydrogen-bond donors (Lipinski definition) is 1. The summed E-state index contributed by atoms with van der Waals surface area (Å²) in [5.74, 6) is -0.107. The number of anilines is 1. The van der Waals surface area contributed by atoms with Gasteiger partial charge in [-0.05, 0) is 32.6 Å². The first-order valence-corrected chi connectivity index (χ1v) is 7.08. The van der Waals surface area contributed by atoms with Crippen molar-refractivity contribution in [3.05, 3.63) is 29.6 Å². The molecular formula is C15H24FN3. The number of rotatable bonds is 4. The van der Waals surface area contributed by atoms with Gasteiger partial charge in [-0.15, -0.1) is 0 Å². The molecule has 106 valence electrons. The van der Waals surface area contributed by atoms with E-state index in [9.17, 15) is 4.39 Å². The summed E-state index contributed by atoms with van der Waals surface area (Å²) in [6, 6.07) is 5.45. The third-order valence-corrected chi connectivity index (χ3v) is 3.82. The molecule has 1 saturated heterocycles. The zero-order valence-electron chi connectivity index (χ0n) is 12.1. The predicted molar refractivity (Wildman–Crippen MR) is 78.2 cm³/mol. The van der Waals surface area contributed by atoms with Gasteiger partial charge in [-0.3, -0.25) is 0 Å². The lowest BCUT2D eigenvalue weighted by molar-refractivity contribution is 0.312. The first-order valence-electron chi connectivity index (χ1n) is 7.08. The number of nitrogens with one attached hydrogen (secondary N) is 1. The van der Waals surface area contributed by atoms with Crippen LogP contribution >= 0.6 is 0 Å². The van der Waals surface area contributed by atoms with Crippen LogP contribution in [0.2, 0.25) is 0 Å². The van der Waals surface area contributed by atoms with Crippen molar-refractivity contribution in [2.75, 3.05) is 44.7 Å². The van der Waals surface area contributed by atoms with Gasteiger partial charge in [0, 0.05) is 43.5 Å². The highest BCUT2D eigenvalue weighted by atomic mass is 19.1. The molecule has 1 unspecified atom stereocenters. The predicted octanol–water partition coefficient (Wildman–Crippen LogP) is 2.25. The van der Waals surface area contributed by atoms with Crippen LogP contribution in [-0.2, 0) is 0 Å². The van der Waals surface area contributed by atoms with Crippen molar-refractivity contribution in [3.8, 4) is 0 Å². The Labute approximate surface area is 115 Å². The van der Waals surface area contributed by atoms with Crippen molar-refractivity contribution >= 4 is 5.69 Å². The number of piperazine rings is 1. The minimum atomic E-state index is -0.107. The van der Waals surface area contributed by atoms with Gasteiger partial charge in [0.25, 0.3) is 0 Å². The zero-order chi connectivity index (χ0) is 13.8. The molecule has 19 heavy (non-hydrogen) atoms. The van der Waals surface area contributed by atoms with E-state index in [0.29, 0.717) is 0 Å². The molecule has 2 rings (SSSR count). The summed E-state index contributed by atoms with van der Waals surface area (Å²) in [6.45, 7) is 8.92. The molecule has 1 aromatic rings. The van der Waals surface area contributed by atoms with Crippen molar-refractivity contribution in [1.29, 1.82) is 0 Å². The molecule has 0 amide bonds. The molecule has 0 aliphatic carbocycles. The monoisotopic (exact) mass is 265 g/mol. The molecule has 1 aliphatic heterocycles. The number of halogens is 1. The van der Waals surface area contributed by atoms with E-state index in [0.717, 1.165) is 44.0 Å². The average molecular weight is 265 g/mol. The first-order chi connectivity index (χ1) is 9.13. The lowest BCUT2D eigenvalue weighted by Crippen LogP contribution is -2.45. The van der Waals surface area contributed by atoms with E-state index >= 15 is 0 Å². The molecule has 0 radical (unpaired) electrons. The summed E-state index contributed by atoms with van der Waals surface area (Å²) in [4.78, 5) is 4.61. The van der Waals surface area contributed by atoms with E-state index in [1.165, 1.54) is 0 Å². The molecule has 1 fully saturated rings. The molecule has 1 aliphatic rings. The van der Waals surface area contributed by atoms with Crippen molar-refractivity contribution in [1.82, 2.24) is 10.2 Å². The molecule has 0 aromatic heterocycles. The van der Waals surface area contributed by atoms with Crippen molar-refractivity contribution in [2.45, 2.75) is 19.9 Å². The highest BCUT2D eigenvalue weighted by Gasteiger charge is 2.21. The Morgan fingerprint density at radius 3 is 2.58 bits per heavy atom. The first kappa shape index (κ1) is 14.3. The standard InChI is InChI=1S/C15H24FN3/c1-4-17-12(2)15-13(16)6-5-7-14(15)19-10-8-18(3)9-11-19/h5-7,12,17H,4,8-11H2,1-3H3. The third kappa shape index (κ3) is 3.25. The van der Waals surface area contributed by atoms with Gasteiger partial charge >= 0.3 is 0 Å². The summed E-state index contributed by atoms with van der Waals surface area (Å²) < 4.78 is 14.2. The van der Waals surface area contributed by atoms with Crippen LogP contribution in [0.1, 0.15) is 25.5 Å². The number of nitrogens with zero attached hydrogens (tertiary/aromatic N) is 2. The Kier molecular flexibility index (Phi) is 4.77. The number of benzene rings is 1. The minimum Gasteiger partial charge on any atom is -0.369 e. The topological polar surface area (TPSA) is 18.5 Å². The Morgan fingerprint density at radius 2 is 1.95 bits per heavy atom. The van der Waals surface area contributed by atoms with Gasteiger partial charge in [0.2, 0.25) is 0 Å². The second-order valence-electron chi connectivity index (χ2n) is 5.24. The van der Waals surface area contributed by atoms with Gasteiger partial charge in [-0.1, -0.05) is 13.0 Å². The van der Waals surface area contributed by atoms with Gasteiger partial charge in [-0.2, -0.15) is 0 Å². The molecule has 0 spiro atoms. The Hall–Kier alpha value is -1.13. The summed E-state index contributed by atoms with van der Waals surface area (Å²) in [6.07, 6.45) is 0. The van der Waals surface area contributed by atoms with Crippen LogP contribution in [0, 0.1) is 5.82 Å². The van der Waals surface area contributed by atoms with Crippen molar-refractivity contribution in [3.63, 3.8) is 0 Å². The van der Waals surface area contributed by atoms with E-state index in [1.54, 1.807) is 6.07 Å². The zero-order valence-corrected chi connectivity index (χ0v) is 12.1. The normalized spacial score (nSPS) is 18.6. The second kappa shape index (κ2) is 6.35. The van der Waals surface area contributed by atoms with Crippen molar-refractivity contribution in [2.24, 2.45) is 0 Å². The van der Waals surface area contributed by atoms with E-state index in [4.69, 9.17) is 0 Å². The molecular weight excluding hydrogens is 241 g/mol. The fraction of sp³-hybridized carbons (Fsp3) is 0.600. The van der Waals surface area contributed by atoms with Crippen molar-refractivity contribution < 1.29 is 4.39 Å². The van der Waals surface area contributed by atoms with Crippen LogP contribution in [0.25, 0.3) is 0 Å².